The molecule has 3 aromatic rings. The molecular weight excluding hydrogens is 400 g/mol. The van der Waals surface area contributed by atoms with E-state index in [0.717, 1.165) is 0 Å². The first-order valence-electron chi connectivity index (χ1n) is 9.02. The molecule has 0 amide bonds. The van der Waals surface area contributed by atoms with Crippen LogP contribution in [0.5, 0.6) is 11.5 Å². The number of hydrogen-bond donors (Lipinski definition) is 1. The molecule has 9 heteroatoms. The number of ether oxygens (including phenoxy) is 2. The molecule has 0 unspecified atom stereocenters. The van der Waals surface area contributed by atoms with Crippen molar-refractivity contribution in [1.29, 1.82) is 0 Å². The molecule has 29 heavy (non-hydrogen) atoms. The number of halogens is 2. The molecule has 0 radical (unpaired) electrons. The van der Waals surface area contributed by atoms with E-state index in [4.69, 9.17) is 21.7 Å². The Hall–Kier alpha value is -2.81. The SMILES string of the molecule is CC[C@@H](C)n1c(=S)[nH]c(=O)c2c(C(F)F)cc(-c3ccc(OC)c(OC)c3)nc21. The van der Waals surface area contributed by atoms with Gasteiger partial charge in [-0.3, -0.25) is 14.3 Å². The fourth-order valence-corrected chi connectivity index (χ4v) is 3.54. The highest BCUT2D eigenvalue weighted by Crippen LogP contribution is 2.35. The summed E-state index contributed by atoms with van der Waals surface area (Å²) in [7, 11) is 2.99. The fraction of sp³-hybridized carbons (Fsp3) is 0.350. The Bertz CT molecular complexity index is 1170. The van der Waals surface area contributed by atoms with Crippen molar-refractivity contribution in [2.75, 3.05) is 14.2 Å². The molecule has 0 fully saturated rings. The van der Waals surface area contributed by atoms with E-state index in [9.17, 15) is 13.6 Å². The maximum Gasteiger partial charge on any atom is 0.264 e. The highest BCUT2D eigenvalue weighted by Gasteiger charge is 2.22. The number of H-pyrrole nitrogens is 1. The first kappa shape index (κ1) is 20.9. The third-order valence-electron chi connectivity index (χ3n) is 4.87. The third-order valence-corrected chi connectivity index (χ3v) is 5.17. The first-order chi connectivity index (χ1) is 13.8. The fourth-order valence-electron chi connectivity index (χ4n) is 3.18. The van der Waals surface area contributed by atoms with Gasteiger partial charge in [0.15, 0.2) is 16.3 Å². The largest absolute Gasteiger partial charge is 0.493 e. The molecule has 0 aliphatic rings. The van der Waals surface area contributed by atoms with E-state index in [2.05, 4.69) is 9.97 Å². The summed E-state index contributed by atoms with van der Waals surface area (Å²) < 4.78 is 40.1. The van der Waals surface area contributed by atoms with Crippen LogP contribution in [0.2, 0.25) is 0 Å². The quantitative estimate of drug-likeness (QED) is 0.564. The minimum atomic E-state index is -2.86. The number of aromatic amines is 1. The molecule has 0 saturated heterocycles. The zero-order valence-electron chi connectivity index (χ0n) is 16.5. The van der Waals surface area contributed by atoms with E-state index < -0.39 is 17.5 Å². The summed E-state index contributed by atoms with van der Waals surface area (Å²) in [6.45, 7) is 3.83. The second-order valence-corrected chi connectivity index (χ2v) is 6.94. The van der Waals surface area contributed by atoms with Crippen LogP contribution in [0, 0.1) is 4.77 Å². The normalized spacial score (nSPS) is 12.4. The standard InChI is InChI=1S/C20H21F2N3O3S/c1-5-10(2)25-18-16(19(26)24-20(25)29)12(17(21)22)9-13(23-18)11-6-7-14(27-3)15(8-11)28-4/h6-10,17H,5H2,1-4H3,(H,24,26,29)/t10-/m1/s1. The molecule has 0 spiro atoms. The van der Waals surface area contributed by atoms with E-state index in [1.54, 1.807) is 22.8 Å². The van der Waals surface area contributed by atoms with Crippen molar-refractivity contribution in [2.24, 2.45) is 0 Å². The molecule has 6 nitrogen and oxygen atoms in total. The van der Waals surface area contributed by atoms with E-state index >= 15 is 0 Å². The number of rotatable bonds is 6. The molecule has 1 aromatic carbocycles. The lowest BCUT2D eigenvalue weighted by Crippen LogP contribution is -2.19. The highest BCUT2D eigenvalue weighted by molar-refractivity contribution is 7.71. The minimum absolute atomic E-state index is 0.135. The third kappa shape index (κ3) is 3.74. The summed E-state index contributed by atoms with van der Waals surface area (Å²) in [4.78, 5) is 19.5. The number of nitrogens with one attached hydrogen (secondary N) is 1. The number of pyridine rings is 1. The van der Waals surface area contributed by atoms with Crippen LogP contribution >= 0.6 is 12.2 Å². The second-order valence-electron chi connectivity index (χ2n) is 6.55. The number of benzene rings is 1. The van der Waals surface area contributed by atoms with Crippen molar-refractivity contribution >= 4 is 23.3 Å². The monoisotopic (exact) mass is 421 g/mol. The molecule has 0 bridgehead atoms. The van der Waals surface area contributed by atoms with Crippen LogP contribution in [0.3, 0.4) is 0 Å². The van der Waals surface area contributed by atoms with Crippen LogP contribution < -0.4 is 15.0 Å². The van der Waals surface area contributed by atoms with Gasteiger partial charge in [-0.05, 0) is 49.8 Å². The van der Waals surface area contributed by atoms with E-state index in [-0.39, 0.29) is 27.5 Å². The Balaban J connectivity index is 2.41. The van der Waals surface area contributed by atoms with Gasteiger partial charge in [0.2, 0.25) is 0 Å². The van der Waals surface area contributed by atoms with Gasteiger partial charge in [-0.2, -0.15) is 0 Å². The zero-order valence-corrected chi connectivity index (χ0v) is 17.3. The molecule has 154 valence electrons. The number of alkyl halides is 2. The van der Waals surface area contributed by atoms with E-state index in [1.807, 2.05) is 13.8 Å². The van der Waals surface area contributed by atoms with Crippen molar-refractivity contribution in [3.63, 3.8) is 0 Å². The van der Waals surface area contributed by atoms with Crippen LogP contribution in [0.25, 0.3) is 22.3 Å². The smallest absolute Gasteiger partial charge is 0.264 e. The van der Waals surface area contributed by atoms with Crippen LogP contribution in [-0.4, -0.2) is 28.8 Å². The summed E-state index contributed by atoms with van der Waals surface area (Å²) in [6.07, 6.45) is -2.18. The summed E-state index contributed by atoms with van der Waals surface area (Å²) in [5.41, 5.74) is -0.103. The Kier molecular flexibility index (Phi) is 5.97. The van der Waals surface area contributed by atoms with Crippen LogP contribution in [0.15, 0.2) is 29.1 Å². The maximum atomic E-state index is 13.9. The lowest BCUT2D eigenvalue weighted by Gasteiger charge is -2.18. The van der Waals surface area contributed by atoms with E-state index in [1.165, 1.54) is 20.3 Å². The Morgan fingerprint density at radius 3 is 2.48 bits per heavy atom. The van der Waals surface area contributed by atoms with Gasteiger partial charge in [0.05, 0.1) is 25.3 Å². The van der Waals surface area contributed by atoms with Gasteiger partial charge in [0, 0.05) is 17.2 Å². The average molecular weight is 421 g/mol. The summed E-state index contributed by atoms with van der Waals surface area (Å²) in [6, 6.07) is 6.10. The van der Waals surface area contributed by atoms with Crippen molar-refractivity contribution in [3.05, 3.63) is 45.0 Å². The number of aromatic nitrogens is 3. The Labute approximate surface area is 171 Å². The molecule has 2 aromatic heterocycles. The molecule has 3 rings (SSSR count). The lowest BCUT2D eigenvalue weighted by atomic mass is 10.1. The van der Waals surface area contributed by atoms with Crippen molar-refractivity contribution in [3.8, 4) is 22.8 Å². The predicted molar refractivity (Wildman–Crippen MR) is 110 cm³/mol. The minimum Gasteiger partial charge on any atom is -0.493 e. The van der Waals surface area contributed by atoms with Crippen LogP contribution in [0.1, 0.15) is 38.3 Å². The van der Waals surface area contributed by atoms with Crippen molar-refractivity contribution in [1.82, 2.24) is 14.5 Å². The summed E-state index contributed by atoms with van der Waals surface area (Å²) >= 11 is 5.29. The lowest BCUT2D eigenvalue weighted by molar-refractivity contribution is 0.153. The van der Waals surface area contributed by atoms with Crippen molar-refractivity contribution < 1.29 is 18.3 Å². The Morgan fingerprint density at radius 1 is 1.21 bits per heavy atom. The van der Waals surface area contributed by atoms with E-state index in [0.29, 0.717) is 23.5 Å². The highest BCUT2D eigenvalue weighted by atomic mass is 32.1. The van der Waals surface area contributed by atoms with Gasteiger partial charge in [0.1, 0.15) is 5.65 Å². The zero-order chi connectivity index (χ0) is 21.3. The Morgan fingerprint density at radius 2 is 1.90 bits per heavy atom. The van der Waals surface area contributed by atoms with Gasteiger partial charge < -0.3 is 9.47 Å². The summed E-state index contributed by atoms with van der Waals surface area (Å²) in [5, 5.41) is -0.155. The van der Waals surface area contributed by atoms with Gasteiger partial charge in [-0.15, -0.1) is 0 Å². The molecule has 1 N–H and O–H groups in total. The molecule has 2 heterocycles. The molecule has 0 aliphatic heterocycles. The number of nitrogens with zero attached hydrogens (tertiary/aromatic N) is 2. The molecule has 0 aliphatic carbocycles. The summed E-state index contributed by atoms with van der Waals surface area (Å²) in [5.74, 6) is 0.945. The van der Waals surface area contributed by atoms with Crippen molar-refractivity contribution in [2.45, 2.75) is 32.7 Å². The topological polar surface area (TPSA) is 69.1 Å². The van der Waals surface area contributed by atoms with Gasteiger partial charge in [-0.25, -0.2) is 13.8 Å². The van der Waals surface area contributed by atoms with Crippen LogP contribution in [0.4, 0.5) is 8.78 Å². The predicted octanol–water partition coefficient (Wildman–Crippen LogP) is 5.05. The number of hydrogen-bond acceptors (Lipinski definition) is 5. The number of methoxy groups -OCH3 is 2. The van der Waals surface area contributed by atoms with Crippen LogP contribution in [-0.2, 0) is 0 Å². The first-order valence-corrected chi connectivity index (χ1v) is 9.43. The van der Waals surface area contributed by atoms with Gasteiger partial charge >= 0.3 is 0 Å². The van der Waals surface area contributed by atoms with Gasteiger partial charge in [0.25, 0.3) is 12.0 Å². The average Bonchev–Trinajstić information content (AvgIpc) is 2.71. The maximum absolute atomic E-state index is 13.9. The molecule has 1 atom stereocenters. The second kappa shape index (κ2) is 8.28. The molecule has 0 saturated carbocycles. The number of fused-ring (bicyclic) bond motifs is 1. The van der Waals surface area contributed by atoms with Gasteiger partial charge in [-0.1, -0.05) is 6.92 Å². The molecular formula is C20H21F2N3O3S.